The Morgan fingerprint density at radius 3 is 2.79 bits per heavy atom. The van der Waals surface area contributed by atoms with Gasteiger partial charge in [0.25, 0.3) is 0 Å². The summed E-state index contributed by atoms with van der Waals surface area (Å²) in [5, 5.41) is 7.52. The number of benzene rings is 2. The Morgan fingerprint density at radius 2 is 2.04 bits per heavy atom. The van der Waals surface area contributed by atoms with Gasteiger partial charge < -0.3 is 10.1 Å². The topological polar surface area (TPSA) is 69.0 Å². The van der Waals surface area contributed by atoms with Gasteiger partial charge in [-0.15, -0.1) is 0 Å². The molecule has 0 fully saturated rings. The summed E-state index contributed by atoms with van der Waals surface area (Å²) >= 11 is 3.54. The van der Waals surface area contributed by atoms with E-state index in [0.29, 0.717) is 23.9 Å². The minimum absolute atomic E-state index is 0.0230. The van der Waals surface area contributed by atoms with Crippen LogP contribution in [0.25, 0.3) is 0 Å². The van der Waals surface area contributed by atoms with Crippen molar-refractivity contribution in [3.8, 4) is 5.75 Å². The van der Waals surface area contributed by atoms with Crippen molar-refractivity contribution in [1.82, 2.24) is 14.8 Å². The van der Waals surface area contributed by atoms with E-state index in [9.17, 15) is 4.79 Å². The highest BCUT2D eigenvalue weighted by molar-refractivity contribution is 9.10. The summed E-state index contributed by atoms with van der Waals surface area (Å²) in [6, 6.07) is 15.4. The maximum Gasteiger partial charge on any atom is 0.226 e. The molecule has 28 heavy (non-hydrogen) atoms. The van der Waals surface area contributed by atoms with Crippen molar-refractivity contribution in [3.63, 3.8) is 0 Å². The van der Waals surface area contributed by atoms with Gasteiger partial charge in [-0.25, -0.2) is 4.68 Å². The zero-order valence-electron chi connectivity index (χ0n) is 15.5. The van der Waals surface area contributed by atoms with Gasteiger partial charge in [0.1, 0.15) is 24.7 Å². The molecule has 7 heteroatoms. The van der Waals surface area contributed by atoms with Crippen molar-refractivity contribution in [2.75, 3.05) is 5.32 Å². The lowest BCUT2D eigenvalue weighted by molar-refractivity contribution is -0.114. The zero-order valence-corrected chi connectivity index (χ0v) is 17.1. The Hall–Kier alpha value is -2.93. The molecule has 0 bridgehead atoms. The largest absolute Gasteiger partial charge is 0.489 e. The van der Waals surface area contributed by atoms with Crippen molar-refractivity contribution >= 4 is 27.7 Å². The lowest BCUT2D eigenvalue weighted by Gasteiger charge is -2.29. The summed E-state index contributed by atoms with van der Waals surface area (Å²) < 4.78 is 8.77. The molecule has 1 aromatic heterocycles. The van der Waals surface area contributed by atoms with Gasteiger partial charge in [-0.3, -0.25) is 4.79 Å². The highest BCUT2D eigenvalue weighted by Gasteiger charge is 2.33. The molecule has 6 nitrogen and oxygen atoms in total. The predicted molar refractivity (Wildman–Crippen MR) is 110 cm³/mol. The molecule has 4 rings (SSSR count). The van der Waals surface area contributed by atoms with E-state index in [2.05, 4.69) is 31.3 Å². The molecule has 2 heterocycles. The van der Waals surface area contributed by atoms with E-state index in [-0.39, 0.29) is 5.78 Å². The second-order valence-corrected chi connectivity index (χ2v) is 7.52. The number of Topliss-reactive ketones (excluding diaryl/α,β-unsaturated/α-hetero) is 1. The molecule has 0 amide bonds. The van der Waals surface area contributed by atoms with E-state index in [0.717, 1.165) is 21.3 Å². The number of aromatic nitrogens is 3. The maximum absolute atomic E-state index is 12.5. The van der Waals surface area contributed by atoms with E-state index in [1.165, 1.54) is 6.33 Å². The molecule has 1 aliphatic rings. The van der Waals surface area contributed by atoms with Crippen LogP contribution in [0.4, 0.5) is 5.95 Å². The average Bonchev–Trinajstić information content (AvgIpc) is 3.14. The SMILES string of the molecule is CC(=O)C1=C(C)Nc2ncnn2[C@H]1c1cc(Br)ccc1OCc1ccccc1. The predicted octanol–water partition coefficient (Wildman–Crippen LogP) is 4.50. The van der Waals surface area contributed by atoms with E-state index < -0.39 is 6.04 Å². The number of nitrogens with one attached hydrogen (secondary N) is 1. The van der Waals surface area contributed by atoms with Crippen LogP contribution >= 0.6 is 15.9 Å². The van der Waals surface area contributed by atoms with E-state index in [4.69, 9.17) is 4.74 Å². The van der Waals surface area contributed by atoms with Crippen LogP contribution < -0.4 is 10.1 Å². The number of hydrogen-bond acceptors (Lipinski definition) is 5. The van der Waals surface area contributed by atoms with Gasteiger partial charge in [-0.05, 0) is 37.6 Å². The fraction of sp³-hybridized carbons (Fsp3) is 0.190. The number of carbonyl (C=O) groups is 1. The Bertz CT molecular complexity index is 1060. The number of allylic oxidation sites excluding steroid dienone is 2. The summed E-state index contributed by atoms with van der Waals surface area (Å²) in [5.41, 5.74) is 3.33. The molecular weight excluding hydrogens is 420 g/mol. The standard InChI is InChI=1S/C21H19BrN4O2/c1-13-19(14(2)27)20(26-21(25-13)23-12-24-26)17-10-16(22)8-9-18(17)28-11-15-6-4-3-5-7-15/h3-10,12,20H,11H2,1-2H3,(H,23,24,25)/t20-/m0/s1. The molecule has 0 aliphatic carbocycles. The summed E-state index contributed by atoms with van der Waals surface area (Å²) in [5.74, 6) is 1.28. The number of ether oxygens (including phenoxy) is 1. The van der Waals surface area contributed by atoms with Gasteiger partial charge in [0.05, 0.1) is 0 Å². The fourth-order valence-electron chi connectivity index (χ4n) is 3.43. The Kier molecular flexibility index (Phi) is 5.00. The fourth-order valence-corrected chi connectivity index (χ4v) is 3.81. The summed E-state index contributed by atoms with van der Waals surface area (Å²) in [7, 11) is 0. The Balaban J connectivity index is 1.79. The summed E-state index contributed by atoms with van der Waals surface area (Å²) in [6.45, 7) is 3.88. The number of hydrogen-bond donors (Lipinski definition) is 1. The second-order valence-electron chi connectivity index (χ2n) is 6.61. The van der Waals surface area contributed by atoms with Crippen molar-refractivity contribution in [1.29, 1.82) is 0 Å². The lowest BCUT2D eigenvalue weighted by atomic mass is 9.92. The average molecular weight is 439 g/mol. The lowest BCUT2D eigenvalue weighted by Crippen LogP contribution is -2.28. The normalized spacial score (nSPS) is 15.8. The van der Waals surface area contributed by atoms with Gasteiger partial charge in [0.15, 0.2) is 5.78 Å². The minimum Gasteiger partial charge on any atom is -0.489 e. The number of halogens is 1. The number of carbonyl (C=O) groups excluding carboxylic acids is 1. The Morgan fingerprint density at radius 1 is 1.25 bits per heavy atom. The van der Waals surface area contributed by atoms with Gasteiger partial charge in [-0.2, -0.15) is 10.1 Å². The van der Waals surface area contributed by atoms with Crippen LogP contribution in [-0.4, -0.2) is 20.5 Å². The van der Waals surface area contributed by atoms with Crippen LogP contribution in [0.15, 0.2) is 70.6 Å². The van der Waals surface area contributed by atoms with Crippen molar-refractivity contribution < 1.29 is 9.53 Å². The highest BCUT2D eigenvalue weighted by atomic mass is 79.9. The molecule has 0 saturated carbocycles. The van der Waals surface area contributed by atoms with Gasteiger partial charge in [0.2, 0.25) is 5.95 Å². The van der Waals surface area contributed by atoms with Crippen LogP contribution in [-0.2, 0) is 11.4 Å². The molecular formula is C21H19BrN4O2. The van der Waals surface area contributed by atoms with Gasteiger partial charge in [-0.1, -0.05) is 46.3 Å². The third-order valence-electron chi connectivity index (χ3n) is 4.68. The van der Waals surface area contributed by atoms with Crippen LogP contribution in [0, 0.1) is 0 Å². The number of nitrogens with zero attached hydrogens (tertiary/aromatic N) is 3. The van der Waals surface area contributed by atoms with Gasteiger partial charge in [0, 0.05) is 21.3 Å². The van der Waals surface area contributed by atoms with Crippen molar-refractivity contribution in [2.24, 2.45) is 0 Å². The number of ketones is 1. The number of rotatable bonds is 5. The van der Waals surface area contributed by atoms with Crippen LogP contribution in [0.5, 0.6) is 5.75 Å². The molecule has 1 atom stereocenters. The molecule has 0 spiro atoms. The monoisotopic (exact) mass is 438 g/mol. The first-order chi connectivity index (χ1) is 13.5. The summed E-state index contributed by atoms with van der Waals surface area (Å²) in [4.78, 5) is 16.8. The van der Waals surface area contributed by atoms with Crippen molar-refractivity contribution in [2.45, 2.75) is 26.5 Å². The smallest absolute Gasteiger partial charge is 0.226 e. The van der Waals surface area contributed by atoms with Crippen LogP contribution in [0.3, 0.4) is 0 Å². The second kappa shape index (κ2) is 7.59. The zero-order chi connectivity index (χ0) is 19.7. The Labute approximate surface area is 171 Å². The van der Waals surface area contributed by atoms with E-state index in [1.807, 2.05) is 55.5 Å². The highest BCUT2D eigenvalue weighted by Crippen LogP contribution is 2.40. The van der Waals surface area contributed by atoms with E-state index >= 15 is 0 Å². The van der Waals surface area contributed by atoms with E-state index in [1.54, 1.807) is 11.6 Å². The summed E-state index contributed by atoms with van der Waals surface area (Å²) in [6.07, 6.45) is 1.48. The number of fused-ring (bicyclic) bond motifs is 1. The van der Waals surface area contributed by atoms with Crippen LogP contribution in [0.1, 0.15) is 31.0 Å². The molecule has 2 aromatic carbocycles. The molecule has 0 radical (unpaired) electrons. The minimum atomic E-state index is -0.417. The molecule has 1 N–H and O–H groups in total. The maximum atomic E-state index is 12.5. The number of anilines is 1. The molecule has 0 unspecified atom stereocenters. The van der Waals surface area contributed by atoms with Crippen molar-refractivity contribution in [3.05, 3.63) is 81.7 Å². The first-order valence-electron chi connectivity index (χ1n) is 8.89. The molecule has 0 saturated heterocycles. The third kappa shape index (κ3) is 3.45. The third-order valence-corrected chi connectivity index (χ3v) is 5.17. The van der Waals surface area contributed by atoms with Gasteiger partial charge >= 0.3 is 0 Å². The first-order valence-corrected chi connectivity index (χ1v) is 9.68. The van der Waals surface area contributed by atoms with Crippen LogP contribution in [0.2, 0.25) is 0 Å². The first kappa shape index (κ1) is 18.4. The molecule has 142 valence electrons. The molecule has 3 aromatic rings. The quantitative estimate of drug-likeness (QED) is 0.634. The molecule has 1 aliphatic heterocycles.